The fraction of sp³-hybridized carbons (Fsp3) is 0.333. The summed E-state index contributed by atoms with van der Waals surface area (Å²) in [6.45, 7) is 0.626. The average molecular weight is 350 g/mol. The normalized spacial score (nSPS) is 13.8. The van der Waals surface area contributed by atoms with Gasteiger partial charge in [-0.05, 0) is 54.9 Å². The summed E-state index contributed by atoms with van der Waals surface area (Å²) in [5.74, 6) is 0.156. The summed E-state index contributed by atoms with van der Waals surface area (Å²) >= 11 is 0. The fourth-order valence-electron chi connectivity index (χ4n) is 3.28. The second kappa shape index (κ2) is 9.04. The van der Waals surface area contributed by atoms with Gasteiger partial charge in [-0.2, -0.15) is 0 Å². The van der Waals surface area contributed by atoms with Gasteiger partial charge in [-0.3, -0.25) is 4.79 Å². The van der Waals surface area contributed by atoms with Crippen molar-refractivity contribution < 1.29 is 4.79 Å². The van der Waals surface area contributed by atoms with Crippen LogP contribution in [0.2, 0.25) is 0 Å². The molecule has 0 unspecified atom stereocenters. The summed E-state index contributed by atoms with van der Waals surface area (Å²) in [5, 5.41) is 6.03. The first-order valence-electron chi connectivity index (χ1n) is 9.21. The molecule has 0 bridgehead atoms. The van der Waals surface area contributed by atoms with Gasteiger partial charge in [-0.25, -0.2) is 4.99 Å². The van der Waals surface area contributed by atoms with E-state index in [-0.39, 0.29) is 18.4 Å². The predicted octanol–water partition coefficient (Wildman–Crippen LogP) is 2.65. The highest BCUT2D eigenvalue weighted by Crippen LogP contribution is 2.27. The number of anilines is 1. The lowest BCUT2D eigenvalue weighted by Crippen LogP contribution is -2.30. The van der Waals surface area contributed by atoms with Crippen LogP contribution in [0.25, 0.3) is 0 Å². The summed E-state index contributed by atoms with van der Waals surface area (Å²) in [6, 6.07) is 16.3. The van der Waals surface area contributed by atoms with Crippen molar-refractivity contribution in [3.63, 3.8) is 0 Å². The second-order valence-electron chi connectivity index (χ2n) is 6.56. The van der Waals surface area contributed by atoms with Crippen LogP contribution in [0.1, 0.15) is 29.5 Å². The third-order valence-corrected chi connectivity index (χ3v) is 4.63. The van der Waals surface area contributed by atoms with E-state index in [2.05, 4.69) is 21.7 Å². The number of hydrogen-bond donors (Lipinski definition) is 3. The third-order valence-electron chi connectivity index (χ3n) is 4.63. The minimum absolute atomic E-state index is 0.0304. The van der Waals surface area contributed by atoms with Gasteiger partial charge in [0.05, 0.1) is 0 Å². The van der Waals surface area contributed by atoms with Crippen LogP contribution < -0.4 is 16.4 Å². The molecule has 3 rings (SSSR count). The largest absolute Gasteiger partial charge is 0.370 e. The molecule has 0 aliphatic heterocycles. The molecule has 2 aromatic rings. The number of benzene rings is 2. The summed E-state index contributed by atoms with van der Waals surface area (Å²) in [4.78, 5) is 16.1. The van der Waals surface area contributed by atoms with E-state index in [0.717, 1.165) is 24.9 Å². The molecular weight excluding hydrogens is 324 g/mol. The number of aliphatic imine (C=N–C) groups is 1. The zero-order chi connectivity index (χ0) is 18.2. The number of guanidine groups is 1. The Morgan fingerprint density at radius 3 is 2.69 bits per heavy atom. The zero-order valence-electron chi connectivity index (χ0n) is 15.0. The number of nitrogens with one attached hydrogen (secondary N) is 2. The first-order chi connectivity index (χ1) is 12.7. The second-order valence-corrected chi connectivity index (χ2v) is 6.56. The molecule has 0 fully saturated rings. The van der Waals surface area contributed by atoms with Crippen LogP contribution in [0.15, 0.2) is 53.5 Å². The van der Waals surface area contributed by atoms with Crippen molar-refractivity contribution in [3.05, 3.63) is 65.2 Å². The monoisotopic (exact) mass is 350 g/mol. The average Bonchev–Trinajstić information content (AvgIpc) is 2.67. The SMILES string of the molecule is NC(=NCC(=O)NCCc1ccccc1)Nc1cccc2c1CCCC2. The number of carbonyl (C=O) groups excluding carboxylic acids is 1. The lowest BCUT2D eigenvalue weighted by Gasteiger charge is -2.19. The van der Waals surface area contributed by atoms with Crippen molar-refractivity contribution in [1.82, 2.24) is 5.32 Å². The Hall–Kier alpha value is -2.82. The number of nitrogens with zero attached hydrogens (tertiary/aromatic N) is 1. The lowest BCUT2D eigenvalue weighted by atomic mass is 9.90. The van der Waals surface area contributed by atoms with Crippen LogP contribution in [-0.4, -0.2) is 25.0 Å². The number of fused-ring (bicyclic) bond motifs is 1. The van der Waals surface area contributed by atoms with E-state index >= 15 is 0 Å². The van der Waals surface area contributed by atoms with E-state index in [4.69, 9.17) is 5.73 Å². The maximum atomic E-state index is 11.9. The van der Waals surface area contributed by atoms with Crippen LogP contribution in [0.3, 0.4) is 0 Å². The van der Waals surface area contributed by atoms with E-state index in [0.29, 0.717) is 6.54 Å². The van der Waals surface area contributed by atoms with Crippen LogP contribution in [0, 0.1) is 0 Å². The van der Waals surface area contributed by atoms with E-state index in [9.17, 15) is 4.79 Å². The molecule has 2 aromatic carbocycles. The maximum absolute atomic E-state index is 11.9. The topological polar surface area (TPSA) is 79.5 Å². The highest BCUT2D eigenvalue weighted by molar-refractivity contribution is 5.94. The molecule has 0 spiro atoms. The summed E-state index contributed by atoms with van der Waals surface area (Å²) in [7, 11) is 0. The van der Waals surface area contributed by atoms with Gasteiger partial charge in [0.1, 0.15) is 6.54 Å². The lowest BCUT2D eigenvalue weighted by molar-refractivity contribution is -0.119. The molecular formula is C21H26N4O. The molecule has 26 heavy (non-hydrogen) atoms. The number of rotatable bonds is 6. The Kier molecular flexibility index (Phi) is 6.25. The number of aryl methyl sites for hydroxylation is 1. The van der Waals surface area contributed by atoms with Crippen LogP contribution in [0.4, 0.5) is 5.69 Å². The molecule has 0 radical (unpaired) electrons. The van der Waals surface area contributed by atoms with Gasteiger partial charge in [0.15, 0.2) is 5.96 Å². The predicted molar refractivity (Wildman–Crippen MR) is 106 cm³/mol. The molecule has 1 aliphatic carbocycles. The highest BCUT2D eigenvalue weighted by atomic mass is 16.1. The van der Waals surface area contributed by atoms with Crippen molar-refractivity contribution in [3.8, 4) is 0 Å². The van der Waals surface area contributed by atoms with Gasteiger partial charge >= 0.3 is 0 Å². The molecule has 1 aliphatic rings. The smallest absolute Gasteiger partial charge is 0.241 e. The number of nitrogens with two attached hydrogens (primary N) is 1. The molecule has 5 heteroatoms. The van der Waals surface area contributed by atoms with Crippen LogP contribution in [0.5, 0.6) is 0 Å². The van der Waals surface area contributed by atoms with Gasteiger partial charge in [0, 0.05) is 12.2 Å². The Balaban J connectivity index is 1.47. The molecule has 0 heterocycles. The Labute approximate surface area is 154 Å². The number of amides is 1. The summed E-state index contributed by atoms with van der Waals surface area (Å²) < 4.78 is 0. The number of hydrogen-bond acceptors (Lipinski definition) is 2. The molecule has 0 atom stereocenters. The van der Waals surface area contributed by atoms with Crippen molar-refractivity contribution in [1.29, 1.82) is 0 Å². The molecule has 0 saturated heterocycles. The standard InChI is InChI=1S/C21H26N4O/c22-21(25-19-12-6-10-17-9-4-5-11-18(17)19)24-15-20(26)23-14-13-16-7-2-1-3-8-16/h1-3,6-8,10,12H,4-5,9,11,13-15H2,(H,23,26)(H3,22,24,25). The van der Waals surface area contributed by atoms with E-state index in [1.54, 1.807) is 0 Å². The van der Waals surface area contributed by atoms with E-state index < -0.39 is 0 Å². The molecule has 136 valence electrons. The van der Waals surface area contributed by atoms with E-state index in [1.807, 2.05) is 42.5 Å². The Bertz CT molecular complexity index is 771. The van der Waals surface area contributed by atoms with E-state index in [1.165, 1.54) is 29.5 Å². The Morgan fingerprint density at radius 1 is 1.04 bits per heavy atom. The zero-order valence-corrected chi connectivity index (χ0v) is 15.0. The molecule has 4 N–H and O–H groups in total. The van der Waals surface area contributed by atoms with Crippen LogP contribution in [-0.2, 0) is 24.1 Å². The molecule has 5 nitrogen and oxygen atoms in total. The van der Waals surface area contributed by atoms with Crippen molar-refractivity contribution in [2.24, 2.45) is 10.7 Å². The summed E-state index contributed by atoms with van der Waals surface area (Å²) in [6.07, 6.45) is 5.42. The molecule has 0 saturated carbocycles. The van der Waals surface area contributed by atoms with Gasteiger partial charge in [0.25, 0.3) is 0 Å². The maximum Gasteiger partial charge on any atom is 0.241 e. The summed E-state index contributed by atoms with van der Waals surface area (Å²) in [5.41, 5.74) is 10.9. The Morgan fingerprint density at radius 2 is 1.85 bits per heavy atom. The minimum atomic E-state index is -0.124. The third kappa shape index (κ3) is 5.09. The van der Waals surface area contributed by atoms with Gasteiger partial charge < -0.3 is 16.4 Å². The van der Waals surface area contributed by atoms with Gasteiger partial charge in [-0.15, -0.1) is 0 Å². The van der Waals surface area contributed by atoms with Gasteiger partial charge in [-0.1, -0.05) is 42.5 Å². The van der Waals surface area contributed by atoms with Crippen molar-refractivity contribution >= 4 is 17.6 Å². The molecule has 0 aromatic heterocycles. The molecule has 1 amide bonds. The highest BCUT2D eigenvalue weighted by Gasteiger charge is 2.13. The van der Waals surface area contributed by atoms with Crippen LogP contribution >= 0.6 is 0 Å². The minimum Gasteiger partial charge on any atom is -0.370 e. The van der Waals surface area contributed by atoms with Crippen molar-refractivity contribution in [2.75, 3.05) is 18.4 Å². The first kappa shape index (κ1) is 18.0. The number of carbonyl (C=O) groups is 1. The van der Waals surface area contributed by atoms with Crippen molar-refractivity contribution in [2.45, 2.75) is 32.1 Å². The first-order valence-corrected chi connectivity index (χ1v) is 9.21. The fourth-order valence-corrected chi connectivity index (χ4v) is 3.28. The quantitative estimate of drug-likeness (QED) is 0.553. The van der Waals surface area contributed by atoms with Gasteiger partial charge in [0.2, 0.25) is 5.91 Å².